The Morgan fingerprint density at radius 1 is 1.50 bits per heavy atom. The van der Waals surface area contributed by atoms with Gasteiger partial charge in [-0.1, -0.05) is 11.6 Å². The van der Waals surface area contributed by atoms with Crippen molar-refractivity contribution in [3.8, 4) is 0 Å². The van der Waals surface area contributed by atoms with Crippen LogP contribution in [0.3, 0.4) is 0 Å². The van der Waals surface area contributed by atoms with Gasteiger partial charge in [0, 0.05) is 11.1 Å². The highest BCUT2D eigenvalue weighted by atomic mass is 35.5. The normalized spacial score (nSPS) is 12.9. The van der Waals surface area contributed by atoms with Gasteiger partial charge in [-0.15, -0.1) is 0 Å². The number of nitrogens with one attached hydrogen (secondary N) is 1. The Morgan fingerprint density at radius 2 is 2.21 bits per heavy atom. The minimum atomic E-state index is -0.221. The molecule has 0 aliphatic rings. The highest BCUT2D eigenvalue weighted by Crippen LogP contribution is 2.18. The first-order valence-corrected chi connectivity index (χ1v) is 5.12. The zero-order valence-corrected chi connectivity index (χ0v) is 9.24. The molecule has 1 N–H and O–H groups in total. The average molecular weight is 216 g/mol. The summed E-state index contributed by atoms with van der Waals surface area (Å²) in [5.41, 5.74) is 0.883. The van der Waals surface area contributed by atoms with E-state index in [1.165, 1.54) is 12.1 Å². The highest BCUT2D eigenvalue weighted by molar-refractivity contribution is 6.31. The van der Waals surface area contributed by atoms with E-state index in [-0.39, 0.29) is 5.82 Å². The van der Waals surface area contributed by atoms with Crippen LogP contribution in [0.1, 0.15) is 18.9 Å². The Kier molecular flexibility index (Phi) is 4.36. The maximum absolute atomic E-state index is 12.9. The number of hydrogen-bond donors (Lipinski definition) is 1. The Morgan fingerprint density at radius 3 is 2.86 bits per heavy atom. The predicted octanol–water partition coefficient (Wildman–Crippen LogP) is 3.02. The fraction of sp³-hybridized carbons (Fsp3) is 0.455. The van der Waals surface area contributed by atoms with E-state index in [9.17, 15) is 4.39 Å². The van der Waals surface area contributed by atoms with Crippen LogP contribution in [0, 0.1) is 5.82 Å². The van der Waals surface area contributed by atoms with Crippen molar-refractivity contribution in [1.29, 1.82) is 0 Å². The molecule has 3 heteroatoms. The lowest BCUT2D eigenvalue weighted by Gasteiger charge is -2.10. The maximum atomic E-state index is 12.9. The molecule has 0 spiro atoms. The van der Waals surface area contributed by atoms with Crippen molar-refractivity contribution < 1.29 is 4.39 Å². The predicted molar refractivity (Wildman–Crippen MR) is 58.3 cm³/mol. The van der Waals surface area contributed by atoms with E-state index >= 15 is 0 Å². The van der Waals surface area contributed by atoms with Crippen LogP contribution in [0.2, 0.25) is 5.02 Å². The van der Waals surface area contributed by atoms with Crippen molar-refractivity contribution in [3.63, 3.8) is 0 Å². The molecule has 78 valence electrons. The van der Waals surface area contributed by atoms with E-state index in [1.54, 1.807) is 6.07 Å². The molecular formula is C11H15ClFN. The summed E-state index contributed by atoms with van der Waals surface area (Å²) in [7, 11) is 1.91. The molecule has 0 fully saturated rings. The SMILES string of the molecule is CNC(C)CCc1cc(F)ccc1Cl. The molecule has 1 nitrogen and oxygen atoms in total. The fourth-order valence-corrected chi connectivity index (χ4v) is 1.46. The van der Waals surface area contributed by atoms with Crippen LogP contribution in [0.5, 0.6) is 0 Å². The molecular weight excluding hydrogens is 201 g/mol. The topological polar surface area (TPSA) is 12.0 Å². The number of aryl methyl sites for hydroxylation is 1. The third-order valence-electron chi connectivity index (χ3n) is 2.35. The Bertz CT molecular complexity index is 301. The summed E-state index contributed by atoms with van der Waals surface area (Å²) >= 11 is 5.94. The number of halogens is 2. The summed E-state index contributed by atoms with van der Waals surface area (Å²) in [6, 6.07) is 4.92. The monoisotopic (exact) mass is 215 g/mol. The van der Waals surface area contributed by atoms with Gasteiger partial charge < -0.3 is 5.32 Å². The van der Waals surface area contributed by atoms with Crippen molar-refractivity contribution in [2.24, 2.45) is 0 Å². The molecule has 0 bridgehead atoms. The molecule has 0 aliphatic heterocycles. The second kappa shape index (κ2) is 5.32. The van der Waals surface area contributed by atoms with Crippen molar-refractivity contribution in [1.82, 2.24) is 5.32 Å². The van der Waals surface area contributed by atoms with Crippen LogP contribution in [0.15, 0.2) is 18.2 Å². The van der Waals surface area contributed by atoms with Crippen LogP contribution >= 0.6 is 11.6 Å². The molecule has 1 aromatic rings. The lowest BCUT2D eigenvalue weighted by molar-refractivity contribution is 0.562. The minimum absolute atomic E-state index is 0.221. The van der Waals surface area contributed by atoms with Gasteiger partial charge in [0.05, 0.1) is 0 Å². The first kappa shape index (κ1) is 11.5. The van der Waals surface area contributed by atoms with Gasteiger partial charge in [-0.2, -0.15) is 0 Å². The Balaban J connectivity index is 2.62. The summed E-state index contributed by atoms with van der Waals surface area (Å²) in [5.74, 6) is -0.221. The molecule has 0 aromatic heterocycles. The molecule has 0 saturated carbocycles. The lowest BCUT2D eigenvalue weighted by Crippen LogP contribution is -2.21. The van der Waals surface area contributed by atoms with Crippen LogP contribution in [-0.2, 0) is 6.42 Å². The standard InChI is InChI=1S/C11H15ClFN/c1-8(14-2)3-4-9-7-10(13)5-6-11(9)12/h5-8,14H,3-4H2,1-2H3. The van der Waals surface area contributed by atoms with E-state index in [1.807, 2.05) is 7.05 Å². The number of benzene rings is 1. The lowest BCUT2D eigenvalue weighted by atomic mass is 10.1. The average Bonchev–Trinajstić information content (AvgIpc) is 2.19. The molecule has 0 saturated heterocycles. The van der Waals surface area contributed by atoms with Crippen LogP contribution in [-0.4, -0.2) is 13.1 Å². The largest absolute Gasteiger partial charge is 0.317 e. The van der Waals surface area contributed by atoms with Gasteiger partial charge in [-0.05, 0) is 50.6 Å². The van der Waals surface area contributed by atoms with Crippen LogP contribution < -0.4 is 5.32 Å². The third-order valence-corrected chi connectivity index (χ3v) is 2.72. The zero-order valence-electron chi connectivity index (χ0n) is 8.48. The van der Waals surface area contributed by atoms with Crippen LogP contribution in [0.4, 0.5) is 4.39 Å². The van der Waals surface area contributed by atoms with E-state index in [0.717, 1.165) is 18.4 Å². The fourth-order valence-electron chi connectivity index (χ4n) is 1.25. The smallest absolute Gasteiger partial charge is 0.123 e. The quantitative estimate of drug-likeness (QED) is 0.814. The first-order chi connectivity index (χ1) is 6.63. The van der Waals surface area contributed by atoms with Crippen molar-refractivity contribution in [2.45, 2.75) is 25.8 Å². The molecule has 1 aromatic carbocycles. The van der Waals surface area contributed by atoms with E-state index in [2.05, 4.69) is 12.2 Å². The number of rotatable bonds is 4. The van der Waals surface area contributed by atoms with E-state index in [4.69, 9.17) is 11.6 Å². The second-order valence-electron chi connectivity index (χ2n) is 3.46. The van der Waals surface area contributed by atoms with Gasteiger partial charge in [-0.3, -0.25) is 0 Å². The van der Waals surface area contributed by atoms with Gasteiger partial charge in [-0.25, -0.2) is 4.39 Å². The van der Waals surface area contributed by atoms with Gasteiger partial charge in [0.1, 0.15) is 5.82 Å². The molecule has 14 heavy (non-hydrogen) atoms. The summed E-state index contributed by atoms with van der Waals surface area (Å²) in [6.07, 6.45) is 1.76. The molecule has 1 rings (SSSR count). The van der Waals surface area contributed by atoms with E-state index < -0.39 is 0 Å². The van der Waals surface area contributed by atoms with Gasteiger partial charge >= 0.3 is 0 Å². The Labute approximate surface area is 89.3 Å². The molecule has 0 amide bonds. The Hall–Kier alpha value is -0.600. The molecule has 1 atom stereocenters. The first-order valence-electron chi connectivity index (χ1n) is 4.74. The highest BCUT2D eigenvalue weighted by Gasteiger charge is 2.04. The minimum Gasteiger partial charge on any atom is -0.317 e. The molecule has 0 radical (unpaired) electrons. The summed E-state index contributed by atoms with van der Waals surface area (Å²) in [6.45, 7) is 2.09. The summed E-state index contributed by atoms with van der Waals surface area (Å²) < 4.78 is 12.9. The summed E-state index contributed by atoms with van der Waals surface area (Å²) in [4.78, 5) is 0. The third kappa shape index (κ3) is 3.28. The number of hydrogen-bond acceptors (Lipinski definition) is 1. The van der Waals surface area contributed by atoms with E-state index in [0.29, 0.717) is 11.1 Å². The molecule has 1 unspecified atom stereocenters. The van der Waals surface area contributed by atoms with Crippen LogP contribution in [0.25, 0.3) is 0 Å². The zero-order chi connectivity index (χ0) is 10.6. The van der Waals surface area contributed by atoms with Crippen molar-refractivity contribution in [2.75, 3.05) is 7.05 Å². The molecule has 0 aliphatic carbocycles. The van der Waals surface area contributed by atoms with Gasteiger partial charge in [0.25, 0.3) is 0 Å². The summed E-state index contributed by atoms with van der Waals surface area (Å²) in [5, 5.41) is 3.78. The van der Waals surface area contributed by atoms with Gasteiger partial charge in [0.15, 0.2) is 0 Å². The second-order valence-corrected chi connectivity index (χ2v) is 3.87. The molecule has 0 heterocycles. The van der Waals surface area contributed by atoms with Crippen molar-refractivity contribution >= 4 is 11.6 Å². The van der Waals surface area contributed by atoms with Crippen molar-refractivity contribution in [3.05, 3.63) is 34.6 Å². The maximum Gasteiger partial charge on any atom is 0.123 e. The van der Waals surface area contributed by atoms with Gasteiger partial charge in [0.2, 0.25) is 0 Å².